The summed E-state index contributed by atoms with van der Waals surface area (Å²) in [6.45, 7) is 8.55. The largest absolute Gasteiger partial charge is 0.494 e. The highest BCUT2D eigenvalue weighted by molar-refractivity contribution is 6.04. The molecule has 2 aromatic heterocycles. The fraction of sp³-hybridized carbons (Fsp3) is 0.259. The fourth-order valence-corrected chi connectivity index (χ4v) is 3.40. The van der Waals surface area contributed by atoms with Crippen molar-refractivity contribution in [2.75, 3.05) is 11.9 Å². The second kappa shape index (κ2) is 10.8. The zero-order valence-corrected chi connectivity index (χ0v) is 20.4. The predicted octanol–water partition coefficient (Wildman–Crippen LogP) is 5.81. The van der Waals surface area contributed by atoms with Crippen molar-refractivity contribution in [3.63, 3.8) is 0 Å². The minimum absolute atomic E-state index is 0.194. The molecule has 0 radical (unpaired) electrons. The molecule has 4 aromatic rings. The number of rotatable bonds is 9. The van der Waals surface area contributed by atoms with Crippen molar-refractivity contribution in [2.45, 2.75) is 40.5 Å². The van der Waals surface area contributed by atoms with Gasteiger partial charge in [-0.3, -0.25) is 9.36 Å². The van der Waals surface area contributed by atoms with Crippen LogP contribution in [0.4, 0.5) is 5.69 Å². The van der Waals surface area contributed by atoms with E-state index in [4.69, 9.17) is 9.47 Å². The van der Waals surface area contributed by atoms with E-state index >= 15 is 0 Å². The first kappa shape index (κ1) is 23.9. The molecule has 4 rings (SSSR count). The third-order valence-electron chi connectivity index (χ3n) is 5.52. The normalized spacial score (nSPS) is 10.7. The van der Waals surface area contributed by atoms with Crippen LogP contribution >= 0.6 is 0 Å². The molecule has 0 saturated carbocycles. The average molecular weight is 472 g/mol. The summed E-state index contributed by atoms with van der Waals surface area (Å²) in [5.41, 5.74) is 3.17. The number of ether oxygens (including phenoxy) is 2. The van der Waals surface area contributed by atoms with Crippen LogP contribution in [0.5, 0.6) is 17.4 Å². The Labute approximate surface area is 205 Å². The van der Waals surface area contributed by atoms with Gasteiger partial charge in [0.2, 0.25) is 5.88 Å². The molecular weight excluding hydrogens is 442 g/mol. The molecule has 2 aromatic carbocycles. The van der Waals surface area contributed by atoms with E-state index in [-0.39, 0.29) is 5.91 Å². The predicted molar refractivity (Wildman–Crippen MR) is 135 cm³/mol. The number of nitrogens with zero attached hydrogens (tertiary/aromatic N) is 4. The van der Waals surface area contributed by atoms with Crippen LogP contribution in [0.1, 0.15) is 47.3 Å². The number of amides is 1. The number of hydrogen-bond acceptors (Lipinski definition) is 6. The van der Waals surface area contributed by atoms with Gasteiger partial charge in [0.25, 0.3) is 5.91 Å². The molecule has 8 heteroatoms. The van der Waals surface area contributed by atoms with Gasteiger partial charge >= 0.3 is 0 Å². The molecule has 8 nitrogen and oxygen atoms in total. The lowest BCUT2D eigenvalue weighted by atomic mass is 10.2. The number of benzene rings is 2. The minimum Gasteiger partial charge on any atom is -0.494 e. The molecule has 1 N–H and O–H groups in total. The molecule has 2 heterocycles. The molecule has 0 unspecified atom stereocenters. The van der Waals surface area contributed by atoms with Gasteiger partial charge in [0.1, 0.15) is 29.5 Å². The monoisotopic (exact) mass is 471 g/mol. The zero-order chi connectivity index (χ0) is 24.8. The Morgan fingerprint density at radius 2 is 1.69 bits per heavy atom. The number of aromatic nitrogens is 4. The number of anilines is 1. The highest BCUT2D eigenvalue weighted by Crippen LogP contribution is 2.24. The lowest BCUT2D eigenvalue weighted by molar-refractivity contribution is 0.102. The van der Waals surface area contributed by atoms with Crippen LogP contribution < -0.4 is 14.8 Å². The van der Waals surface area contributed by atoms with Crippen LogP contribution in [-0.2, 0) is 0 Å². The quantitative estimate of drug-likeness (QED) is 0.310. The summed E-state index contributed by atoms with van der Waals surface area (Å²) in [6.07, 6.45) is 3.82. The van der Waals surface area contributed by atoms with E-state index in [1.54, 1.807) is 48.8 Å². The smallest absolute Gasteiger partial charge is 0.255 e. The number of hydrogen-bond donors (Lipinski definition) is 1. The molecule has 0 aliphatic carbocycles. The average Bonchev–Trinajstić information content (AvgIpc) is 3.18. The van der Waals surface area contributed by atoms with E-state index in [9.17, 15) is 4.79 Å². The molecular formula is C27H29N5O3. The van der Waals surface area contributed by atoms with Gasteiger partial charge in [-0.15, -0.1) is 0 Å². The number of unbranched alkanes of at least 4 members (excludes halogenated alkanes) is 1. The fourth-order valence-electron chi connectivity index (χ4n) is 3.40. The van der Waals surface area contributed by atoms with Gasteiger partial charge in [0, 0.05) is 23.0 Å². The summed E-state index contributed by atoms with van der Waals surface area (Å²) in [4.78, 5) is 25.8. The summed E-state index contributed by atoms with van der Waals surface area (Å²) < 4.78 is 13.5. The molecule has 35 heavy (non-hydrogen) atoms. The van der Waals surface area contributed by atoms with Gasteiger partial charge in [-0.1, -0.05) is 13.3 Å². The SMILES string of the molecule is CCCCOc1ccc(C(=O)Nc2ccc(Oc3cc(-n4cnc(C)c4C)nc(C)n3)cc2)cc1. The van der Waals surface area contributed by atoms with Gasteiger partial charge in [0.05, 0.1) is 12.3 Å². The van der Waals surface area contributed by atoms with E-state index in [2.05, 4.69) is 27.2 Å². The first-order valence-corrected chi connectivity index (χ1v) is 11.6. The lowest BCUT2D eigenvalue weighted by Crippen LogP contribution is -2.11. The van der Waals surface area contributed by atoms with Crippen molar-refractivity contribution in [2.24, 2.45) is 0 Å². The van der Waals surface area contributed by atoms with E-state index in [1.165, 1.54) is 0 Å². The van der Waals surface area contributed by atoms with Crippen molar-refractivity contribution in [3.8, 4) is 23.2 Å². The summed E-state index contributed by atoms with van der Waals surface area (Å²) in [7, 11) is 0. The molecule has 0 atom stereocenters. The van der Waals surface area contributed by atoms with Crippen molar-refractivity contribution in [1.29, 1.82) is 0 Å². The Morgan fingerprint density at radius 3 is 2.34 bits per heavy atom. The summed E-state index contributed by atoms with van der Waals surface area (Å²) in [6, 6.07) is 16.0. The van der Waals surface area contributed by atoms with Crippen LogP contribution in [-0.4, -0.2) is 32.0 Å². The van der Waals surface area contributed by atoms with Gasteiger partial charge in [-0.05, 0) is 75.7 Å². The van der Waals surface area contributed by atoms with Crippen molar-refractivity contribution < 1.29 is 14.3 Å². The minimum atomic E-state index is -0.194. The molecule has 0 fully saturated rings. The number of carbonyl (C=O) groups is 1. The Balaban J connectivity index is 1.39. The van der Waals surface area contributed by atoms with Crippen LogP contribution in [0, 0.1) is 20.8 Å². The third-order valence-corrected chi connectivity index (χ3v) is 5.52. The second-order valence-electron chi connectivity index (χ2n) is 8.20. The van der Waals surface area contributed by atoms with Gasteiger partial charge in [0.15, 0.2) is 0 Å². The van der Waals surface area contributed by atoms with Crippen molar-refractivity contribution in [3.05, 3.63) is 83.7 Å². The highest BCUT2D eigenvalue weighted by atomic mass is 16.5. The maximum absolute atomic E-state index is 12.6. The Morgan fingerprint density at radius 1 is 0.971 bits per heavy atom. The second-order valence-corrected chi connectivity index (χ2v) is 8.20. The van der Waals surface area contributed by atoms with Crippen LogP contribution in [0.3, 0.4) is 0 Å². The third kappa shape index (κ3) is 6.03. The van der Waals surface area contributed by atoms with Gasteiger partial charge < -0.3 is 14.8 Å². The standard InChI is InChI=1S/C27H29N5O3/c1-5-6-15-34-23-11-7-21(8-12-23)27(33)31-22-9-13-24(14-10-22)35-26-16-25(29-20(4)30-26)32-17-28-18(2)19(32)3/h7-14,16-17H,5-6,15H2,1-4H3,(H,31,33). The van der Waals surface area contributed by atoms with Crippen LogP contribution in [0.2, 0.25) is 0 Å². The number of nitrogens with one attached hydrogen (secondary N) is 1. The topological polar surface area (TPSA) is 91.2 Å². The first-order valence-electron chi connectivity index (χ1n) is 11.6. The summed E-state index contributed by atoms with van der Waals surface area (Å²) >= 11 is 0. The Hall–Kier alpha value is -4.20. The van der Waals surface area contributed by atoms with Gasteiger partial charge in [-0.2, -0.15) is 4.98 Å². The molecule has 0 spiro atoms. The lowest BCUT2D eigenvalue weighted by Gasteiger charge is -2.11. The molecule has 180 valence electrons. The molecule has 0 aliphatic heterocycles. The first-order chi connectivity index (χ1) is 16.9. The molecule has 1 amide bonds. The van der Waals surface area contributed by atoms with Crippen LogP contribution in [0.25, 0.3) is 5.82 Å². The van der Waals surface area contributed by atoms with Crippen LogP contribution in [0.15, 0.2) is 60.9 Å². The Kier molecular flexibility index (Phi) is 7.40. The van der Waals surface area contributed by atoms with E-state index in [0.717, 1.165) is 30.0 Å². The highest BCUT2D eigenvalue weighted by Gasteiger charge is 2.11. The molecule has 0 aliphatic rings. The maximum Gasteiger partial charge on any atom is 0.255 e. The number of carbonyl (C=O) groups excluding carboxylic acids is 1. The number of imidazole rings is 1. The van der Waals surface area contributed by atoms with E-state index in [0.29, 0.717) is 41.1 Å². The maximum atomic E-state index is 12.6. The zero-order valence-electron chi connectivity index (χ0n) is 20.4. The molecule has 0 bridgehead atoms. The number of aryl methyl sites for hydroxylation is 2. The molecule has 0 saturated heterocycles. The summed E-state index contributed by atoms with van der Waals surface area (Å²) in [5.74, 6) is 2.87. The van der Waals surface area contributed by atoms with Gasteiger partial charge in [-0.25, -0.2) is 9.97 Å². The van der Waals surface area contributed by atoms with Crippen molar-refractivity contribution in [1.82, 2.24) is 19.5 Å². The summed E-state index contributed by atoms with van der Waals surface area (Å²) in [5, 5.41) is 2.90. The Bertz CT molecular complexity index is 1300. The van der Waals surface area contributed by atoms with Crippen molar-refractivity contribution >= 4 is 11.6 Å². The van der Waals surface area contributed by atoms with E-state index < -0.39 is 0 Å². The van der Waals surface area contributed by atoms with E-state index in [1.807, 2.05) is 37.5 Å².